The average molecular weight is 319 g/mol. The molecule has 1 amide bonds. The van der Waals surface area contributed by atoms with Crippen LogP contribution in [0.15, 0.2) is 12.1 Å². The third kappa shape index (κ3) is 1.42. The highest BCUT2D eigenvalue weighted by atomic mass is 35.5. The Morgan fingerprint density at radius 3 is 2.77 bits per heavy atom. The molecule has 0 aliphatic carbocycles. The minimum absolute atomic E-state index is 0.257. The van der Waals surface area contributed by atoms with Gasteiger partial charge in [0, 0.05) is 33.7 Å². The number of hydrogen-bond acceptors (Lipinski definition) is 2. The Labute approximate surface area is 134 Å². The highest BCUT2D eigenvalue weighted by Gasteiger charge is 2.60. The Balaban J connectivity index is 2.17. The van der Waals surface area contributed by atoms with Gasteiger partial charge in [-0.1, -0.05) is 11.6 Å². The number of cyclic esters (lactones) is 1. The second kappa shape index (κ2) is 3.99. The summed E-state index contributed by atoms with van der Waals surface area (Å²) in [5, 5.41) is 1.84. The van der Waals surface area contributed by atoms with Crippen molar-refractivity contribution in [2.45, 2.75) is 45.3 Å². The molecule has 0 unspecified atom stereocenters. The van der Waals surface area contributed by atoms with Crippen molar-refractivity contribution in [3.8, 4) is 0 Å². The Bertz CT molecular complexity index is 824. The van der Waals surface area contributed by atoms with Crippen molar-refractivity contribution in [2.24, 2.45) is 0 Å². The summed E-state index contributed by atoms with van der Waals surface area (Å²) in [6.07, 6.45) is 0.548. The van der Waals surface area contributed by atoms with Gasteiger partial charge in [0.15, 0.2) is 0 Å². The molecule has 2 aliphatic rings. The molecule has 0 radical (unpaired) electrons. The fourth-order valence-corrected chi connectivity index (χ4v) is 4.44. The van der Waals surface area contributed by atoms with Crippen LogP contribution in [0.5, 0.6) is 0 Å². The molecule has 2 aromatic rings. The number of aryl methyl sites for hydroxylation is 1. The molecule has 0 spiro atoms. The van der Waals surface area contributed by atoms with E-state index in [9.17, 15) is 4.79 Å². The van der Waals surface area contributed by atoms with E-state index < -0.39 is 11.1 Å². The largest absolute Gasteiger partial charge is 0.440 e. The third-order valence-electron chi connectivity index (χ3n) is 5.58. The molecule has 0 saturated carbocycles. The number of carbonyl (C=O) groups is 1. The Hall–Kier alpha value is -1.68. The van der Waals surface area contributed by atoms with E-state index in [1.807, 2.05) is 30.9 Å². The van der Waals surface area contributed by atoms with Gasteiger partial charge < -0.3 is 9.72 Å². The number of halogens is 1. The number of aromatic nitrogens is 1. The van der Waals surface area contributed by atoms with Crippen molar-refractivity contribution in [1.82, 2.24) is 9.88 Å². The number of nitrogens with one attached hydrogen (secondary N) is 1. The molecule has 5 heteroatoms. The summed E-state index contributed by atoms with van der Waals surface area (Å²) in [5.74, 6) is 0. The summed E-state index contributed by atoms with van der Waals surface area (Å²) < 4.78 is 5.68. The maximum absolute atomic E-state index is 12.4. The van der Waals surface area contributed by atoms with Crippen molar-refractivity contribution in [1.29, 1.82) is 0 Å². The molecule has 1 aromatic heterocycles. The van der Waals surface area contributed by atoms with Crippen LogP contribution in [0.25, 0.3) is 10.9 Å². The van der Waals surface area contributed by atoms with Crippen LogP contribution < -0.4 is 0 Å². The van der Waals surface area contributed by atoms with Crippen LogP contribution >= 0.6 is 11.6 Å². The number of aromatic amines is 1. The van der Waals surface area contributed by atoms with E-state index in [1.54, 1.807) is 0 Å². The van der Waals surface area contributed by atoms with Crippen molar-refractivity contribution in [3.63, 3.8) is 0 Å². The van der Waals surface area contributed by atoms with Crippen molar-refractivity contribution < 1.29 is 9.53 Å². The van der Waals surface area contributed by atoms with E-state index in [4.69, 9.17) is 16.3 Å². The first-order valence-corrected chi connectivity index (χ1v) is 7.96. The van der Waals surface area contributed by atoms with E-state index in [0.717, 1.165) is 28.6 Å². The topological polar surface area (TPSA) is 45.3 Å². The lowest BCUT2D eigenvalue weighted by atomic mass is 9.76. The van der Waals surface area contributed by atoms with Gasteiger partial charge in [0.25, 0.3) is 0 Å². The molecule has 1 saturated heterocycles. The molecule has 1 atom stereocenters. The molecule has 1 fully saturated rings. The van der Waals surface area contributed by atoms with E-state index in [2.05, 4.69) is 18.8 Å². The number of rotatable bonds is 0. The number of nitrogens with zero attached hydrogens (tertiary/aromatic N) is 1. The van der Waals surface area contributed by atoms with E-state index in [-0.39, 0.29) is 6.09 Å². The lowest BCUT2D eigenvalue weighted by Gasteiger charge is -2.40. The van der Waals surface area contributed by atoms with Gasteiger partial charge in [-0.3, -0.25) is 4.90 Å². The summed E-state index contributed by atoms with van der Waals surface area (Å²) in [5.41, 5.74) is 3.25. The molecule has 22 heavy (non-hydrogen) atoms. The van der Waals surface area contributed by atoms with Crippen LogP contribution in [0.3, 0.4) is 0 Å². The second-order valence-electron chi connectivity index (χ2n) is 6.93. The molecule has 3 heterocycles. The Kier molecular flexibility index (Phi) is 2.53. The van der Waals surface area contributed by atoms with E-state index in [0.29, 0.717) is 11.6 Å². The van der Waals surface area contributed by atoms with Crippen LogP contribution in [0, 0.1) is 6.92 Å². The van der Waals surface area contributed by atoms with Crippen molar-refractivity contribution >= 4 is 28.6 Å². The molecular weight excluding hydrogens is 300 g/mol. The normalized spacial score (nSPS) is 26.0. The van der Waals surface area contributed by atoms with Gasteiger partial charge in [0.05, 0.1) is 0 Å². The zero-order valence-corrected chi connectivity index (χ0v) is 14.0. The minimum atomic E-state index is -0.644. The lowest BCUT2D eigenvalue weighted by molar-refractivity contribution is 0.0242. The van der Waals surface area contributed by atoms with Crippen molar-refractivity contribution in [2.75, 3.05) is 6.54 Å². The maximum atomic E-state index is 12.4. The number of hydrogen-bond donors (Lipinski definition) is 1. The van der Waals surface area contributed by atoms with Crippen LogP contribution in [0.2, 0.25) is 5.02 Å². The Morgan fingerprint density at radius 2 is 2.05 bits per heavy atom. The van der Waals surface area contributed by atoms with E-state index >= 15 is 0 Å². The third-order valence-corrected chi connectivity index (χ3v) is 5.89. The van der Waals surface area contributed by atoms with Crippen LogP contribution in [-0.2, 0) is 16.7 Å². The van der Waals surface area contributed by atoms with Gasteiger partial charge in [-0.25, -0.2) is 4.79 Å². The first-order valence-electron chi connectivity index (χ1n) is 7.58. The standard InChI is InChI=1S/C17H19ClN2O2/c1-9-10-7-8-20-15(21)22-16(2,3)17(20,4)14-11(18)5-6-12(19-9)13(10)14/h5-6,19H,7-8H2,1-4H3/t17-/m0/s1. The second-order valence-corrected chi connectivity index (χ2v) is 7.33. The molecule has 2 aliphatic heterocycles. The molecule has 116 valence electrons. The van der Waals surface area contributed by atoms with Gasteiger partial charge >= 0.3 is 6.09 Å². The van der Waals surface area contributed by atoms with Crippen molar-refractivity contribution in [3.05, 3.63) is 34.0 Å². The SMILES string of the molecule is Cc1[nH]c2ccc(Cl)c3c2c1CCN1C(=O)OC(C)(C)[C@]31C. The average Bonchev–Trinajstić information content (AvgIpc) is 2.74. The number of benzene rings is 1. The number of H-pyrrole nitrogens is 1. The van der Waals surface area contributed by atoms with Gasteiger partial charge in [-0.2, -0.15) is 0 Å². The number of amides is 1. The quantitative estimate of drug-likeness (QED) is 0.793. The first-order chi connectivity index (χ1) is 10.3. The van der Waals surface area contributed by atoms with Gasteiger partial charge in [0.2, 0.25) is 0 Å². The summed E-state index contributed by atoms with van der Waals surface area (Å²) >= 11 is 6.61. The minimum Gasteiger partial charge on any atom is -0.440 e. The van der Waals surface area contributed by atoms with Gasteiger partial charge in [0.1, 0.15) is 11.1 Å². The number of ether oxygens (including phenoxy) is 1. The van der Waals surface area contributed by atoms with E-state index in [1.165, 1.54) is 5.56 Å². The number of fused-ring (bicyclic) bond motifs is 2. The fraction of sp³-hybridized carbons (Fsp3) is 0.471. The molecule has 0 bridgehead atoms. The van der Waals surface area contributed by atoms with Crippen LogP contribution in [0.4, 0.5) is 4.79 Å². The number of carbonyl (C=O) groups excluding carboxylic acids is 1. The molecular formula is C17H19ClN2O2. The molecule has 4 nitrogen and oxygen atoms in total. The zero-order valence-electron chi connectivity index (χ0n) is 13.2. The summed E-state index contributed by atoms with van der Waals surface area (Å²) in [4.78, 5) is 17.7. The van der Waals surface area contributed by atoms with Gasteiger partial charge in [-0.15, -0.1) is 0 Å². The lowest BCUT2D eigenvalue weighted by Crippen LogP contribution is -2.51. The Morgan fingerprint density at radius 1 is 1.32 bits per heavy atom. The molecule has 1 N–H and O–H groups in total. The van der Waals surface area contributed by atoms with Crippen LogP contribution in [0.1, 0.15) is 37.6 Å². The molecule has 1 aromatic carbocycles. The summed E-state index contributed by atoms with van der Waals surface area (Å²) in [6.45, 7) is 8.71. The summed E-state index contributed by atoms with van der Waals surface area (Å²) in [6, 6.07) is 3.92. The zero-order chi connectivity index (χ0) is 15.9. The predicted molar refractivity (Wildman–Crippen MR) is 86.4 cm³/mol. The summed E-state index contributed by atoms with van der Waals surface area (Å²) in [7, 11) is 0. The van der Waals surface area contributed by atoms with Crippen LogP contribution in [-0.4, -0.2) is 28.1 Å². The predicted octanol–water partition coefficient (Wildman–Crippen LogP) is 4.13. The monoisotopic (exact) mass is 318 g/mol. The first kappa shape index (κ1) is 13.9. The van der Waals surface area contributed by atoms with Gasteiger partial charge in [-0.05, 0) is 51.8 Å². The maximum Gasteiger partial charge on any atom is 0.411 e. The smallest absolute Gasteiger partial charge is 0.411 e. The fourth-order valence-electron chi connectivity index (χ4n) is 4.10. The molecule has 4 rings (SSSR count). The highest BCUT2D eigenvalue weighted by Crippen LogP contribution is 2.52. The highest BCUT2D eigenvalue weighted by molar-refractivity contribution is 6.32.